The number of hydrogen-bond donors (Lipinski definition) is 2. The molecule has 0 saturated heterocycles. The summed E-state index contributed by atoms with van der Waals surface area (Å²) in [7, 11) is 0. The third-order valence-corrected chi connectivity index (χ3v) is 4.69. The molecule has 0 radical (unpaired) electrons. The van der Waals surface area contributed by atoms with E-state index in [-0.39, 0.29) is 6.61 Å². The summed E-state index contributed by atoms with van der Waals surface area (Å²) in [6.07, 6.45) is 1.85. The summed E-state index contributed by atoms with van der Waals surface area (Å²) in [5.74, 6) is 2.63. The summed E-state index contributed by atoms with van der Waals surface area (Å²) < 4.78 is 7.63. The van der Waals surface area contributed by atoms with Crippen molar-refractivity contribution < 1.29 is 9.84 Å². The highest BCUT2D eigenvalue weighted by molar-refractivity contribution is 5.76. The lowest BCUT2D eigenvalue weighted by Gasteiger charge is -2.19. The number of nitrogens with one attached hydrogen (secondary N) is 1. The summed E-state index contributed by atoms with van der Waals surface area (Å²) in [4.78, 5) is 8.69. The standard InChI is InChI=1S/C24H24N6O2/c1-15-9-22(27-16(2)26-15)28-23-12-19-11-18(7-8-30(19)29-23)20-10-17(13-25)5-6-21(20)32-14-24(3,4)31/h5-12,31H,14H2,1-4H3,(H,26,27,28,29). The van der Waals surface area contributed by atoms with Gasteiger partial charge in [0.15, 0.2) is 5.82 Å². The summed E-state index contributed by atoms with van der Waals surface area (Å²) in [6, 6.07) is 15.1. The van der Waals surface area contributed by atoms with Gasteiger partial charge in [-0.1, -0.05) is 0 Å². The maximum absolute atomic E-state index is 10.0. The number of aryl methyl sites for hydroxylation is 2. The molecule has 4 rings (SSSR count). The minimum atomic E-state index is -0.973. The van der Waals surface area contributed by atoms with E-state index in [1.54, 1.807) is 36.6 Å². The van der Waals surface area contributed by atoms with Gasteiger partial charge in [-0.3, -0.25) is 0 Å². The van der Waals surface area contributed by atoms with Gasteiger partial charge in [0.1, 0.15) is 24.0 Å². The van der Waals surface area contributed by atoms with Crippen LogP contribution in [0.3, 0.4) is 0 Å². The fourth-order valence-electron chi connectivity index (χ4n) is 3.34. The van der Waals surface area contributed by atoms with Gasteiger partial charge in [0, 0.05) is 29.6 Å². The molecular weight excluding hydrogens is 404 g/mol. The molecule has 0 unspecified atom stereocenters. The van der Waals surface area contributed by atoms with E-state index in [0.717, 1.165) is 22.3 Å². The van der Waals surface area contributed by atoms with Crippen LogP contribution >= 0.6 is 0 Å². The second kappa shape index (κ2) is 8.29. The Bertz CT molecular complexity index is 1310. The molecule has 0 amide bonds. The van der Waals surface area contributed by atoms with Crippen LogP contribution in [0.5, 0.6) is 5.75 Å². The van der Waals surface area contributed by atoms with Gasteiger partial charge in [0.05, 0.1) is 22.8 Å². The summed E-state index contributed by atoms with van der Waals surface area (Å²) in [5, 5.41) is 27.2. The minimum absolute atomic E-state index is 0.132. The summed E-state index contributed by atoms with van der Waals surface area (Å²) in [5.41, 5.74) is 2.94. The number of benzene rings is 1. The molecule has 0 bridgehead atoms. The van der Waals surface area contributed by atoms with Crippen molar-refractivity contribution in [1.82, 2.24) is 19.6 Å². The van der Waals surface area contributed by atoms with Crippen molar-refractivity contribution in [2.75, 3.05) is 11.9 Å². The van der Waals surface area contributed by atoms with E-state index < -0.39 is 5.60 Å². The number of nitrogens with zero attached hydrogens (tertiary/aromatic N) is 5. The number of fused-ring (bicyclic) bond motifs is 1. The number of aromatic nitrogens is 4. The molecule has 32 heavy (non-hydrogen) atoms. The average molecular weight is 428 g/mol. The molecule has 0 spiro atoms. The SMILES string of the molecule is Cc1cc(Nc2cc3cc(-c4cc(C#N)ccc4OCC(C)(C)O)ccn3n2)nc(C)n1. The normalized spacial score (nSPS) is 11.4. The molecule has 0 atom stereocenters. The van der Waals surface area contributed by atoms with Gasteiger partial charge in [-0.15, -0.1) is 0 Å². The summed E-state index contributed by atoms with van der Waals surface area (Å²) in [6.45, 7) is 7.27. The van der Waals surface area contributed by atoms with Crippen molar-refractivity contribution in [2.45, 2.75) is 33.3 Å². The average Bonchev–Trinajstić information content (AvgIpc) is 3.12. The third kappa shape index (κ3) is 4.85. The minimum Gasteiger partial charge on any atom is -0.490 e. The van der Waals surface area contributed by atoms with Gasteiger partial charge in [-0.25, -0.2) is 14.5 Å². The van der Waals surface area contributed by atoms with E-state index in [4.69, 9.17) is 4.74 Å². The first-order valence-electron chi connectivity index (χ1n) is 10.2. The number of ether oxygens (including phenoxy) is 1. The van der Waals surface area contributed by atoms with Crippen LogP contribution in [0.1, 0.15) is 30.9 Å². The first-order valence-corrected chi connectivity index (χ1v) is 10.2. The van der Waals surface area contributed by atoms with Crippen LogP contribution in [0.15, 0.2) is 48.7 Å². The molecule has 3 aromatic heterocycles. The van der Waals surface area contributed by atoms with Gasteiger partial charge in [0.2, 0.25) is 0 Å². The van der Waals surface area contributed by atoms with Crippen molar-refractivity contribution in [3.63, 3.8) is 0 Å². The molecule has 0 aliphatic heterocycles. The number of hydrogen-bond acceptors (Lipinski definition) is 7. The smallest absolute Gasteiger partial charge is 0.154 e. The van der Waals surface area contributed by atoms with Crippen LogP contribution in [-0.2, 0) is 0 Å². The largest absolute Gasteiger partial charge is 0.490 e. The number of nitriles is 1. The second-order valence-corrected chi connectivity index (χ2v) is 8.31. The molecule has 8 nitrogen and oxygen atoms in total. The zero-order valence-corrected chi connectivity index (χ0v) is 18.4. The molecule has 0 aliphatic rings. The highest BCUT2D eigenvalue weighted by Crippen LogP contribution is 2.33. The van der Waals surface area contributed by atoms with Crippen molar-refractivity contribution >= 4 is 17.2 Å². The molecule has 0 aliphatic carbocycles. The van der Waals surface area contributed by atoms with Crippen molar-refractivity contribution in [1.29, 1.82) is 5.26 Å². The zero-order chi connectivity index (χ0) is 22.9. The highest BCUT2D eigenvalue weighted by atomic mass is 16.5. The zero-order valence-electron chi connectivity index (χ0n) is 18.4. The van der Waals surface area contributed by atoms with E-state index in [0.29, 0.717) is 28.8 Å². The van der Waals surface area contributed by atoms with Crippen molar-refractivity contribution in [3.05, 3.63) is 65.7 Å². The molecule has 4 aromatic rings. The van der Waals surface area contributed by atoms with Crippen molar-refractivity contribution in [3.8, 4) is 22.9 Å². The van der Waals surface area contributed by atoms with E-state index in [1.165, 1.54) is 0 Å². The van der Waals surface area contributed by atoms with Gasteiger partial charge >= 0.3 is 0 Å². The molecule has 3 heterocycles. The summed E-state index contributed by atoms with van der Waals surface area (Å²) >= 11 is 0. The molecular formula is C24H24N6O2. The molecule has 2 N–H and O–H groups in total. The van der Waals surface area contributed by atoms with Crippen LogP contribution < -0.4 is 10.1 Å². The monoisotopic (exact) mass is 428 g/mol. The maximum Gasteiger partial charge on any atom is 0.154 e. The van der Waals surface area contributed by atoms with Crippen LogP contribution in [0.25, 0.3) is 16.6 Å². The van der Waals surface area contributed by atoms with Gasteiger partial charge in [-0.05, 0) is 63.6 Å². The number of anilines is 2. The Morgan fingerprint density at radius 2 is 1.91 bits per heavy atom. The molecule has 0 saturated carbocycles. The van der Waals surface area contributed by atoms with Gasteiger partial charge < -0.3 is 15.2 Å². The first kappa shape index (κ1) is 21.3. The van der Waals surface area contributed by atoms with Gasteiger partial charge in [-0.2, -0.15) is 10.4 Å². The van der Waals surface area contributed by atoms with E-state index >= 15 is 0 Å². The van der Waals surface area contributed by atoms with E-state index in [9.17, 15) is 10.4 Å². The number of rotatable bonds is 6. The lowest BCUT2D eigenvalue weighted by Crippen LogP contribution is -2.28. The number of aliphatic hydroxyl groups is 1. The topological polar surface area (TPSA) is 108 Å². The highest BCUT2D eigenvalue weighted by Gasteiger charge is 2.16. The lowest BCUT2D eigenvalue weighted by atomic mass is 10.0. The predicted octanol–water partition coefficient (Wildman–Crippen LogP) is 4.17. The Labute approximate surface area is 186 Å². The van der Waals surface area contributed by atoms with Crippen LogP contribution in [0.2, 0.25) is 0 Å². The van der Waals surface area contributed by atoms with E-state index in [2.05, 4.69) is 26.5 Å². The van der Waals surface area contributed by atoms with Crippen LogP contribution in [0.4, 0.5) is 11.6 Å². The van der Waals surface area contributed by atoms with Crippen LogP contribution in [0, 0.1) is 25.2 Å². The Morgan fingerprint density at radius 1 is 1.09 bits per heavy atom. The maximum atomic E-state index is 10.0. The van der Waals surface area contributed by atoms with Gasteiger partial charge in [0.25, 0.3) is 0 Å². The molecule has 1 aromatic carbocycles. The Morgan fingerprint density at radius 3 is 2.62 bits per heavy atom. The Hall–Kier alpha value is -3.96. The fraction of sp³-hybridized carbons (Fsp3) is 0.250. The van der Waals surface area contributed by atoms with Crippen molar-refractivity contribution in [2.24, 2.45) is 0 Å². The molecule has 0 fully saturated rings. The fourth-order valence-corrected chi connectivity index (χ4v) is 3.34. The first-order chi connectivity index (χ1) is 15.2. The Kier molecular flexibility index (Phi) is 5.51. The molecule has 162 valence electrons. The Balaban J connectivity index is 1.69. The lowest BCUT2D eigenvalue weighted by molar-refractivity contribution is 0.0287. The predicted molar refractivity (Wildman–Crippen MR) is 122 cm³/mol. The number of pyridine rings is 1. The third-order valence-electron chi connectivity index (χ3n) is 4.69. The second-order valence-electron chi connectivity index (χ2n) is 8.31. The molecule has 8 heteroatoms. The van der Waals surface area contributed by atoms with Crippen LogP contribution in [-0.4, -0.2) is 36.9 Å². The van der Waals surface area contributed by atoms with E-state index in [1.807, 2.05) is 44.3 Å². The quantitative estimate of drug-likeness (QED) is 0.474.